The zero-order valence-corrected chi connectivity index (χ0v) is 14.5. The molecule has 0 bridgehead atoms. The molecule has 0 heterocycles. The van der Waals surface area contributed by atoms with Gasteiger partial charge in [0.15, 0.2) is 6.61 Å². The first-order valence-corrected chi connectivity index (χ1v) is 8.09. The van der Waals surface area contributed by atoms with E-state index in [9.17, 15) is 9.59 Å². The van der Waals surface area contributed by atoms with Crippen molar-refractivity contribution in [1.82, 2.24) is 5.32 Å². The molecule has 4 nitrogen and oxygen atoms in total. The lowest BCUT2D eigenvalue weighted by atomic mass is 10.1. The Balaban J connectivity index is 1.75. The highest BCUT2D eigenvalue weighted by Gasteiger charge is 2.12. The predicted molar refractivity (Wildman–Crippen MR) is 94.4 cm³/mol. The van der Waals surface area contributed by atoms with Gasteiger partial charge < -0.3 is 10.1 Å². The second-order valence-corrected chi connectivity index (χ2v) is 6.06. The van der Waals surface area contributed by atoms with Gasteiger partial charge in [0.25, 0.3) is 5.91 Å². The lowest BCUT2D eigenvalue weighted by Crippen LogP contribution is -2.30. The van der Waals surface area contributed by atoms with Gasteiger partial charge in [-0.05, 0) is 49.6 Å². The summed E-state index contributed by atoms with van der Waals surface area (Å²) in [4.78, 5) is 23.8. The van der Waals surface area contributed by atoms with E-state index in [1.807, 2.05) is 50.2 Å². The molecule has 0 spiro atoms. The summed E-state index contributed by atoms with van der Waals surface area (Å²) < 4.78 is 5.08. The largest absolute Gasteiger partial charge is 0.452 e. The van der Waals surface area contributed by atoms with E-state index in [4.69, 9.17) is 16.3 Å². The molecule has 1 N–H and O–H groups in total. The molecule has 126 valence electrons. The van der Waals surface area contributed by atoms with Crippen molar-refractivity contribution in [3.05, 3.63) is 69.7 Å². The average molecular weight is 346 g/mol. The van der Waals surface area contributed by atoms with Gasteiger partial charge in [0.1, 0.15) is 0 Å². The van der Waals surface area contributed by atoms with Crippen LogP contribution in [0, 0.1) is 13.8 Å². The van der Waals surface area contributed by atoms with Crippen molar-refractivity contribution in [2.75, 3.05) is 13.2 Å². The Labute approximate surface area is 146 Å². The molecule has 2 rings (SSSR count). The SMILES string of the molecule is Cc1ccc(C)c(C(=O)OCC(=O)NCCc2ccc(Cl)cc2)c1. The highest BCUT2D eigenvalue weighted by atomic mass is 35.5. The number of ether oxygens (including phenoxy) is 1. The zero-order valence-electron chi connectivity index (χ0n) is 13.8. The third kappa shape index (κ3) is 5.39. The van der Waals surface area contributed by atoms with E-state index in [0.717, 1.165) is 16.7 Å². The maximum Gasteiger partial charge on any atom is 0.338 e. The number of carbonyl (C=O) groups is 2. The molecular weight excluding hydrogens is 326 g/mol. The molecule has 0 aliphatic rings. The third-order valence-corrected chi connectivity index (χ3v) is 3.85. The summed E-state index contributed by atoms with van der Waals surface area (Å²) in [6.45, 7) is 3.93. The molecule has 1 amide bonds. The van der Waals surface area contributed by atoms with E-state index in [0.29, 0.717) is 23.6 Å². The van der Waals surface area contributed by atoms with Crippen molar-refractivity contribution in [1.29, 1.82) is 0 Å². The van der Waals surface area contributed by atoms with Crippen molar-refractivity contribution in [2.24, 2.45) is 0 Å². The first-order chi connectivity index (χ1) is 11.5. The molecule has 0 saturated carbocycles. The van der Waals surface area contributed by atoms with Crippen molar-refractivity contribution < 1.29 is 14.3 Å². The summed E-state index contributed by atoms with van der Waals surface area (Å²) in [6, 6.07) is 13.0. The Kier molecular flexibility index (Phi) is 6.38. The summed E-state index contributed by atoms with van der Waals surface area (Å²) in [5.74, 6) is -0.799. The monoisotopic (exact) mass is 345 g/mol. The molecule has 24 heavy (non-hydrogen) atoms. The van der Waals surface area contributed by atoms with Gasteiger partial charge in [0, 0.05) is 11.6 Å². The molecule has 0 radical (unpaired) electrons. The van der Waals surface area contributed by atoms with Crippen LogP contribution >= 0.6 is 11.6 Å². The molecule has 0 aliphatic carbocycles. The number of benzene rings is 2. The van der Waals surface area contributed by atoms with E-state index < -0.39 is 5.97 Å². The molecule has 0 saturated heterocycles. The summed E-state index contributed by atoms with van der Waals surface area (Å²) in [5, 5.41) is 3.41. The van der Waals surface area contributed by atoms with Crippen LogP contribution < -0.4 is 5.32 Å². The number of hydrogen-bond acceptors (Lipinski definition) is 3. The first kappa shape index (κ1) is 18.0. The molecule has 0 unspecified atom stereocenters. The highest BCUT2D eigenvalue weighted by molar-refractivity contribution is 6.30. The summed E-state index contributed by atoms with van der Waals surface area (Å²) in [5.41, 5.74) is 3.37. The number of aryl methyl sites for hydroxylation is 2. The van der Waals surface area contributed by atoms with Crippen LogP contribution in [-0.4, -0.2) is 25.0 Å². The minimum atomic E-state index is -0.482. The molecule has 0 aliphatic heterocycles. The Bertz CT molecular complexity index is 726. The minimum absolute atomic E-state index is 0.285. The van der Waals surface area contributed by atoms with Crippen molar-refractivity contribution in [3.8, 4) is 0 Å². The van der Waals surface area contributed by atoms with Gasteiger partial charge in [0.2, 0.25) is 0 Å². The number of halogens is 1. The number of nitrogens with one attached hydrogen (secondary N) is 1. The second-order valence-electron chi connectivity index (χ2n) is 5.62. The molecule has 2 aromatic rings. The maximum absolute atomic E-state index is 12.0. The summed E-state index contributed by atoms with van der Waals surface area (Å²) in [6.07, 6.45) is 0.688. The fourth-order valence-corrected chi connectivity index (χ4v) is 2.34. The fourth-order valence-electron chi connectivity index (χ4n) is 2.21. The maximum atomic E-state index is 12.0. The van der Waals surface area contributed by atoms with Crippen LogP contribution in [0.25, 0.3) is 0 Å². The van der Waals surface area contributed by atoms with E-state index in [1.54, 1.807) is 6.07 Å². The minimum Gasteiger partial charge on any atom is -0.452 e. The van der Waals surface area contributed by atoms with E-state index >= 15 is 0 Å². The van der Waals surface area contributed by atoms with E-state index in [1.165, 1.54) is 0 Å². The van der Waals surface area contributed by atoms with Crippen LogP contribution in [0.4, 0.5) is 0 Å². The van der Waals surface area contributed by atoms with Crippen LogP contribution in [0.2, 0.25) is 5.02 Å². The molecule has 0 atom stereocenters. The number of rotatable bonds is 6. The summed E-state index contributed by atoms with van der Waals surface area (Å²) in [7, 11) is 0. The molecule has 0 aromatic heterocycles. The predicted octanol–water partition coefficient (Wildman–Crippen LogP) is 3.47. The molecule has 2 aromatic carbocycles. The Hall–Kier alpha value is -2.33. The van der Waals surface area contributed by atoms with Crippen LogP contribution in [0.3, 0.4) is 0 Å². The van der Waals surface area contributed by atoms with E-state index in [-0.39, 0.29) is 12.5 Å². The van der Waals surface area contributed by atoms with E-state index in [2.05, 4.69) is 5.32 Å². The van der Waals surface area contributed by atoms with Crippen molar-refractivity contribution in [2.45, 2.75) is 20.3 Å². The number of amides is 1. The second kappa shape index (κ2) is 8.50. The number of hydrogen-bond donors (Lipinski definition) is 1. The standard InChI is InChI=1S/C19H20ClNO3/c1-13-3-4-14(2)17(11-13)19(23)24-12-18(22)21-10-9-15-5-7-16(20)8-6-15/h3-8,11H,9-10,12H2,1-2H3,(H,21,22). The van der Waals surface area contributed by atoms with Crippen molar-refractivity contribution >= 4 is 23.5 Å². The highest BCUT2D eigenvalue weighted by Crippen LogP contribution is 2.12. The molecular formula is C19H20ClNO3. The third-order valence-electron chi connectivity index (χ3n) is 3.60. The van der Waals surface area contributed by atoms with Gasteiger partial charge in [-0.3, -0.25) is 4.79 Å². The Morgan fingerprint density at radius 3 is 2.50 bits per heavy atom. The van der Waals surface area contributed by atoms with Gasteiger partial charge in [-0.25, -0.2) is 4.79 Å². The normalized spacial score (nSPS) is 10.3. The fraction of sp³-hybridized carbons (Fsp3) is 0.263. The molecule has 5 heteroatoms. The van der Waals surface area contributed by atoms with Gasteiger partial charge in [-0.1, -0.05) is 41.4 Å². The van der Waals surface area contributed by atoms with Gasteiger partial charge >= 0.3 is 5.97 Å². The van der Waals surface area contributed by atoms with Crippen LogP contribution in [-0.2, 0) is 16.0 Å². The number of esters is 1. The zero-order chi connectivity index (χ0) is 17.5. The number of carbonyl (C=O) groups excluding carboxylic acids is 2. The topological polar surface area (TPSA) is 55.4 Å². The summed E-state index contributed by atoms with van der Waals surface area (Å²) >= 11 is 5.82. The van der Waals surface area contributed by atoms with Gasteiger partial charge in [-0.15, -0.1) is 0 Å². The van der Waals surface area contributed by atoms with Gasteiger partial charge in [0.05, 0.1) is 5.56 Å². The Morgan fingerprint density at radius 1 is 1.08 bits per heavy atom. The van der Waals surface area contributed by atoms with Gasteiger partial charge in [-0.2, -0.15) is 0 Å². The van der Waals surface area contributed by atoms with Crippen LogP contribution in [0.15, 0.2) is 42.5 Å². The van der Waals surface area contributed by atoms with Crippen LogP contribution in [0.1, 0.15) is 27.0 Å². The molecule has 0 fully saturated rings. The Morgan fingerprint density at radius 2 is 1.79 bits per heavy atom. The lowest BCUT2D eigenvalue weighted by molar-refractivity contribution is -0.124. The average Bonchev–Trinajstić information content (AvgIpc) is 2.56. The quantitative estimate of drug-likeness (QED) is 0.815. The smallest absolute Gasteiger partial charge is 0.338 e. The van der Waals surface area contributed by atoms with Crippen molar-refractivity contribution in [3.63, 3.8) is 0 Å². The lowest BCUT2D eigenvalue weighted by Gasteiger charge is -2.09. The van der Waals surface area contributed by atoms with Crippen LogP contribution in [0.5, 0.6) is 0 Å². The first-order valence-electron chi connectivity index (χ1n) is 7.71.